The van der Waals surface area contributed by atoms with Gasteiger partial charge < -0.3 is 19.7 Å². The molecule has 0 aliphatic heterocycles. The van der Waals surface area contributed by atoms with Crippen LogP contribution in [0, 0.1) is 0 Å². The Morgan fingerprint density at radius 1 is 0.932 bits per heavy atom. The van der Waals surface area contributed by atoms with Crippen LogP contribution in [0.3, 0.4) is 0 Å². The maximum absolute atomic E-state index is 14.0. The van der Waals surface area contributed by atoms with Crippen LogP contribution in [-0.2, 0) is 32.6 Å². The van der Waals surface area contributed by atoms with E-state index < -0.39 is 16.1 Å². The van der Waals surface area contributed by atoms with E-state index in [9.17, 15) is 18.0 Å². The van der Waals surface area contributed by atoms with E-state index in [4.69, 9.17) is 21.1 Å². The van der Waals surface area contributed by atoms with E-state index in [1.54, 1.807) is 24.1 Å². The zero-order chi connectivity index (χ0) is 32.1. The van der Waals surface area contributed by atoms with Crippen LogP contribution in [0.5, 0.6) is 11.5 Å². The van der Waals surface area contributed by atoms with Crippen LogP contribution in [0.15, 0.2) is 72.8 Å². The third-order valence-electron chi connectivity index (χ3n) is 7.16. The molecule has 1 N–H and O–H groups in total. The molecule has 44 heavy (non-hydrogen) atoms. The van der Waals surface area contributed by atoms with Crippen molar-refractivity contribution in [2.24, 2.45) is 0 Å². The summed E-state index contributed by atoms with van der Waals surface area (Å²) >= 11 is 6.27. The van der Waals surface area contributed by atoms with Gasteiger partial charge in [0.25, 0.3) is 0 Å². The Labute approximate surface area is 266 Å². The van der Waals surface area contributed by atoms with Crippen molar-refractivity contribution >= 4 is 39.1 Å². The molecule has 0 fully saturated rings. The molecule has 1 unspecified atom stereocenters. The van der Waals surface area contributed by atoms with E-state index in [2.05, 4.69) is 5.32 Å². The lowest BCUT2D eigenvalue weighted by Gasteiger charge is -2.32. The number of nitrogens with zero attached hydrogens (tertiary/aromatic N) is 2. The average molecular weight is 644 g/mol. The van der Waals surface area contributed by atoms with Gasteiger partial charge in [-0.2, -0.15) is 0 Å². The van der Waals surface area contributed by atoms with Crippen LogP contribution in [0.2, 0.25) is 5.02 Å². The van der Waals surface area contributed by atoms with Gasteiger partial charge in [-0.05, 0) is 54.3 Å². The smallest absolute Gasteiger partial charge is 0.243 e. The van der Waals surface area contributed by atoms with E-state index in [1.165, 1.54) is 17.5 Å². The Balaban J connectivity index is 1.89. The van der Waals surface area contributed by atoms with E-state index in [-0.39, 0.29) is 42.8 Å². The third kappa shape index (κ3) is 10.2. The van der Waals surface area contributed by atoms with Gasteiger partial charge in [0, 0.05) is 32.5 Å². The number of ether oxygens (including phenoxy) is 2. The van der Waals surface area contributed by atoms with Crippen molar-refractivity contribution in [3.05, 3.63) is 88.9 Å². The van der Waals surface area contributed by atoms with Crippen LogP contribution in [0.25, 0.3) is 0 Å². The lowest BCUT2D eigenvalue weighted by atomic mass is 10.0. The Bertz CT molecular complexity index is 1490. The molecule has 3 rings (SSSR count). The van der Waals surface area contributed by atoms with E-state index in [0.717, 1.165) is 30.2 Å². The third-order valence-corrected chi connectivity index (χ3v) is 8.65. The molecule has 0 radical (unpaired) electrons. The number of carbonyl (C=O) groups is 2. The molecule has 0 aromatic heterocycles. The van der Waals surface area contributed by atoms with Crippen LogP contribution in [-0.4, -0.2) is 64.7 Å². The number of amides is 2. The zero-order valence-corrected chi connectivity index (χ0v) is 27.4. The first-order valence-electron chi connectivity index (χ1n) is 14.6. The predicted molar refractivity (Wildman–Crippen MR) is 175 cm³/mol. The highest BCUT2D eigenvalue weighted by Crippen LogP contribution is 2.30. The van der Waals surface area contributed by atoms with Crippen LogP contribution in [0.4, 0.5) is 5.69 Å². The number of carbonyl (C=O) groups excluding carboxylic acids is 2. The summed E-state index contributed by atoms with van der Waals surface area (Å²) < 4.78 is 37.3. The predicted octanol–water partition coefficient (Wildman–Crippen LogP) is 5.46. The molecule has 0 saturated carbocycles. The van der Waals surface area contributed by atoms with Crippen LogP contribution in [0.1, 0.15) is 43.7 Å². The number of hydrogen-bond donors (Lipinski definition) is 1. The fourth-order valence-electron chi connectivity index (χ4n) is 4.84. The second kappa shape index (κ2) is 16.9. The Kier molecular flexibility index (Phi) is 13.4. The Hall–Kier alpha value is -3.76. The number of halogens is 1. The summed E-state index contributed by atoms with van der Waals surface area (Å²) in [5.74, 6) is 0.572. The number of sulfonamides is 1. The number of methoxy groups -OCH3 is 2. The highest BCUT2D eigenvalue weighted by atomic mass is 35.5. The van der Waals surface area contributed by atoms with Crippen molar-refractivity contribution in [1.82, 2.24) is 10.2 Å². The fraction of sp³-hybridized carbons (Fsp3) is 0.394. The largest absolute Gasteiger partial charge is 0.497 e. The van der Waals surface area contributed by atoms with Gasteiger partial charge in [0.15, 0.2) is 0 Å². The number of anilines is 1. The molecule has 0 bridgehead atoms. The lowest BCUT2D eigenvalue weighted by Crippen LogP contribution is -2.50. The second-order valence-corrected chi connectivity index (χ2v) is 12.8. The van der Waals surface area contributed by atoms with E-state index in [0.29, 0.717) is 30.2 Å². The second-order valence-electron chi connectivity index (χ2n) is 10.5. The highest BCUT2D eigenvalue weighted by molar-refractivity contribution is 7.92. The van der Waals surface area contributed by atoms with Gasteiger partial charge in [-0.1, -0.05) is 67.4 Å². The maximum atomic E-state index is 14.0. The van der Waals surface area contributed by atoms with Crippen molar-refractivity contribution in [1.29, 1.82) is 0 Å². The average Bonchev–Trinajstić information content (AvgIpc) is 3.01. The molecule has 0 aliphatic carbocycles. The summed E-state index contributed by atoms with van der Waals surface area (Å²) in [6, 6.07) is 20.9. The molecule has 9 nitrogen and oxygen atoms in total. The molecule has 3 aromatic rings. The quantitative estimate of drug-likeness (QED) is 0.196. The monoisotopic (exact) mass is 643 g/mol. The van der Waals surface area contributed by atoms with Crippen molar-refractivity contribution in [2.45, 2.75) is 51.6 Å². The van der Waals surface area contributed by atoms with Gasteiger partial charge in [0.05, 0.1) is 31.2 Å². The molecular formula is C33H42ClN3O6S. The van der Waals surface area contributed by atoms with Gasteiger partial charge in [-0.25, -0.2) is 8.42 Å². The van der Waals surface area contributed by atoms with E-state index in [1.807, 2.05) is 61.5 Å². The first kappa shape index (κ1) is 34.7. The van der Waals surface area contributed by atoms with Crippen LogP contribution >= 0.6 is 11.6 Å². The molecule has 238 valence electrons. The number of benzene rings is 3. The highest BCUT2D eigenvalue weighted by Gasteiger charge is 2.30. The van der Waals surface area contributed by atoms with Crippen LogP contribution < -0.4 is 19.1 Å². The topological polar surface area (TPSA) is 105 Å². The minimum absolute atomic E-state index is 0.0212. The van der Waals surface area contributed by atoms with Crippen molar-refractivity contribution in [3.8, 4) is 11.5 Å². The Morgan fingerprint density at radius 2 is 1.66 bits per heavy atom. The SMILES string of the molecule is CCCCNC(=O)C(Cc1ccccc1)N(Cc1cccc(OC)c1)C(=O)CCCN(c1ccc(OC)c(Cl)c1)S(C)(=O)=O. The van der Waals surface area contributed by atoms with Crippen molar-refractivity contribution in [3.63, 3.8) is 0 Å². The molecule has 1 atom stereocenters. The van der Waals surface area contributed by atoms with Crippen molar-refractivity contribution in [2.75, 3.05) is 37.9 Å². The summed E-state index contributed by atoms with van der Waals surface area (Å²) in [5.41, 5.74) is 2.10. The summed E-state index contributed by atoms with van der Waals surface area (Å²) in [4.78, 5) is 29.2. The number of unbranched alkanes of at least 4 members (excludes halogenated alkanes) is 1. The summed E-state index contributed by atoms with van der Waals surface area (Å²) in [5, 5.41) is 3.29. The normalized spacial score (nSPS) is 11.8. The minimum Gasteiger partial charge on any atom is -0.497 e. The van der Waals surface area contributed by atoms with Gasteiger partial charge in [-0.3, -0.25) is 13.9 Å². The fourth-order valence-corrected chi connectivity index (χ4v) is 6.05. The molecule has 11 heteroatoms. The van der Waals surface area contributed by atoms with Crippen molar-refractivity contribution < 1.29 is 27.5 Å². The van der Waals surface area contributed by atoms with Gasteiger partial charge in [-0.15, -0.1) is 0 Å². The van der Waals surface area contributed by atoms with Gasteiger partial charge in [0.2, 0.25) is 21.8 Å². The molecule has 0 heterocycles. The summed E-state index contributed by atoms with van der Waals surface area (Å²) in [6.07, 6.45) is 3.43. The molecular weight excluding hydrogens is 602 g/mol. The lowest BCUT2D eigenvalue weighted by molar-refractivity contribution is -0.141. The number of hydrogen-bond acceptors (Lipinski definition) is 6. The standard InChI is InChI=1S/C33H42ClN3O6S/c1-5-6-19-35-33(39)30(22-25-12-8-7-9-13-25)36(24-26-14-10-15-28(21-26)42-2)32(38)16-11-20-37(44(4,40)41)27-17-18-31(43-3)29(34)23-27/h7-10,12-15,17-18,21,23,30H,5-6,11,16,19-20,22,24H2,1-4H3,(H,35,39). The number of rotatable bonds is 17. The van der Waals surface area contributed by atoms with E-state index >= 15 is 0 Å². The van der Waals surface area contributed by atoms with Gasteiger partial charge >= 0.3 is 0 Å². The maximum Gasteiger partial charge on any atom is 0.243 e. The first-order valence-corrected chi connectivity index (χ1v) is 16.8. The summed E-state index contributed by atoms with van der Waals surface area (Å²) in [6.45, 7) is 2.78. The molecule has 0 spiro atoms. The van der Waals surface area contributed by atoms with Gasteiger partial charge in [0.1, 0.15) is 17.5 Å². The Morgan fingerprint density at radius 3 is 2.30 bits per heavy atom. The first-order chi connectivity index (χ1) is 21.1. The molecule has 0 saturated heterocycles. The minimum atomic E-state index is -3.68. The molecule has 2 amide bonds. The zero-order valence-electron chi connectivity index (χ0n) is 25.8. The molecule has 0 aliphatic rings. The summed E-state index contributed by atoms with van der Waals surface area (Å²) in [7, 11) is -0.627. The number of nitrogens with one attached hydrogen (secondary N) is 1. The molecule has 3 aromatic carbocycles.